The summed E-state index contributed by atoms with van der Waals surface area (Å²) in [5.41, 5.74) is 0.774. The van der Waals surface area contributed by atoms with Gasteiger partial charge in [-0.25, -0.2) is 8.42 Å². The van der Waals surface area contributed by atoms with E-state index in [1.807, 2.05) is 6.07 Å². The van der Waals surface area contributed by atoms with E-state index in [9.17, 15) is 13.2 Å². The van der Waals surface area contributed by atoms with E-state index in [4.69, 9.17) is 14.2 Å². The average Bonchev–Trinajstić information content (AvgIpc) is 2.61. The third-order valence-electron chi connectivity index (χ3n) is 3.38. The second kappa shape index (κ2) is 8.00. The lowest BCUT2D eigenvalue weighted by Crippen LogP contribution is -2.32. The van der Waals surface area contributed by atoms with Crippen molar-refractivity contribution in [1.29, 1.82) is 0 Å². The first-order chi connectivity index (χ1) is 11.9. The quantitative estimate of drug-likeness (QED) is 0.595. The van der Waals surface area contributed by atoms with Crippen molar-refractivity contribution in [2.45, 2.75) is 11.8 Å². The summed E-state index contributed by atoms with van der Waals surface area (Å²) in [6, 6.07) is 11.2. The van der Waals surface area contributed by atoms with Gasteiger partial charge in [-0.15, -0.1) is 0 Å². The van der Waals surface area contributed by atoms with E-state index in [-0.39, 0.29) is 10.6 Å². The molecule has 0 bridgehead atoms. The number of ether oxygens (including phenoxy) is 3. The predicted molar refractivity (Wildman–Crippen MR) is 91.5 cm³/mol. The molecule has 0 fully saturated rings. The highest BCUT2D eigenvalue weighted by Crippen LogP contribution is 2.28. The molecular weight excluding hydrogens is 346 g/mol. The van der Waals surface area contributed by atoms with E-state index in [1.165, 1.54) is 32.4 Å². The van der Waals surface area contributed by atoms with Gasteiger partial charge in [0.1, 0.15) is 28.7 Å². The number of nitrogens with one attached hydrogen (secondary N) is 1. The smallest absolute Gasteiger partial charge is 0.326 e. The lowest BCUT2D eigenvalue weighted by atomic mass is 10.2. The Kier molecular flexibility index (Phi) is 6.00. The molecule has 0 saturated heterocycles. The molecule has 2 aromatic rings. The summed E-state index contributed by atoms with van der Waals surface area (Å²) in [6.07, 6.45) is 0. The number of hydrogen-bond acceptors (Lipinski definition) is 6. The van der Waals surface area contributed by atoms with Crippen LogP contribution in [0.2, 0.25) is 0 Å². The van der Waals surface area contributed by atoms with Crippen molar-refractivity contribution in [2.75, 3.05) is 20.8 Å². The monoisotopic (exact) mass is 365 g/mol. The van der Waals surface area contributed by atoms with E-state index in [1.54, 1.807) is 25.1 Å². The van der Waals surface area contributed by atoms with Crippen molar-refractivity contribution >= 4 is 16.0 Å². The molecule has 2 rings (SSSR count). The molecule has 0 spiro atoms. The van der Waals surface area contributed by atoms with Crippen LogP contribution in [0, 0.1) is 6.92 Å². The van der Waals surface area contributed by atoms with E-state index in [0.717, 1.165) is 5.56 Å². The molecule has 0 amide bonds. The fraction of sp³-hybridized carbons (Fsp3) is 0.235. The van der Waals surface area contributed by atoms with Gasteiger partial charge in [0.25, 0.3) is 0 Å². The topological polar surface area (TPSA) is 90.9 Å². The van der Waals surface area contributed by atoms with Gasteiger partial charge in [0.05, 0.1) is 14.2 Å². The maximum Gasteiger partial charge on any atom is 0.326 e. The maximum absolute atomic E-state index is 12.4. The van der Waals surface area contributed by atoms with Gasteiger partial charge in [0.15, 0.2) is 0 Å². The molecular formula is C17H19NO6S. The molecule has 0 saturated carbocycles. The van der Waals surface area contributed by atoms with Crippen LogP contribution in [-0.2, 0) is 14.8 Å². The minimum absolute atomic E-state index is 0.0977. The summed E-state index contributed by atoms with van der Waals surface area (Å²) in [7, 11) is -1.15. The molecule has 0 radical (unpaired) electrons. The largest absolute Gasteiger partial charge is 0.497 e. The molecule has 0 aliphatic rings. The SMILES string of the molecule is COc1ccc(S(=O)(=O)NCC(=O)Oc2ccccc2C)c(OC)c1. The summed E-state index contributed by atoms with van der Waals surface area (Å²) < 4.78 is 42.3. The van der Waals surface area contributed by atoms with Crippen molar-refractivity contribution in [3.05, 3.63) is 48.0 Å². The number of hydrogen-bond donors (Lipinski definition) is 1. The third-order valence-corrected chi connectivity index (χ3v) is 4.82. The first kappa shape index (κ1) is 18.8. The van der Waals surface area contributed by atoms with E-state index >= 15 is 0 Å². The van der Waals surface area contributed by atoms with Crippen LogP contribution in [0.1, 0.15) is 5.56 Å². The fourth-order valence-electron chi connectivity index (χ4n) is 2.06. The van der Waals surface area contributed by atoms with Crippen LogP contribution in [0.4, 0.5) is 0 Å². The molecule has 0 heterocycles. The summed E-state index contributed by atoms with van der Waals surface area (Å²) in [6.45, 7) is 1.28. The fourth-order valence-corrected chi connectivity index (χ4v) is 3.18. The molecule has 1 N–H and O–H groups in total. The number of carbonyl (C=O) groups is 1. The molecule has 0 unspecified atom stereocenters. The number of carbonyl (C=O) groups excluding carboxylic acids is 1. The number of benzene rings is 2. The number of aryl methyl sites for hydroxylation is 1. The lowest BCUT2D eigenvalue weighted by Gasteiger charge is -2.12. The molecule has 25 heavy (non-hydrogen) atoms. The molecule has 0 aliphatic carbocycles. The third kappa shape index (κ3) is 4.71. The molecule has 8 heteroatoms. The highest BCUT2D eigenvalue weighted by molar-refractivity contribution is 7.89. The van der Waals surface area contributed by atoms with Crippen molar-refractivity contribution < 1.29 is 27.4 Å². The van der Waals surface area contributed by atoms with Gasteiger partial charge in [-0.3, -0.25) is 4.79 Å². The Hall–Kier alpha value is -2.58. The summed E-state index contributed by atoms with van der Waals surface area (Å²) >= 11 is 0. The Morgan fingerprint density at radius 1 is 1.04 bits per heavy atom. The average molecular weight is 365 g/mol. The molecule has 7 nitrogen and oxygen atoms in total. The Morgan fingerprint density at radius 3 is 2.40 bits per heavy atom. The van der Waals surface area contributed by atoms with Gasteiger partial charge in [-0.05, 0) is 30.7 Å². The maximum atomic E-state index is 12.4. The van der Waals surface area contributed by atoms with E-state index in [2.05, 4.69) is 4.72 Å². The minimum atomic E-state index is -3.96. The molecule has 0 atom stereocenters. The van der Waals surface area contributed by atoms with Gasteiger partial charge >= 0.3 is 5.97 Å². The Morgan fingerprint density at radius 2 is 1.76 bits per heavy atom. The van der Waals surface area contributed by atoms with Crippen LogP contribution in [0.3, 0.4) is 0 Å². The Bertz CT molecular complexity index is 863. The van der Waals surface area contributed by atoms with Crippen molar-refractivity contribution in [2.24, 2.45) is 0 Å². The molecule has 2 aromatic carbocycles. The van der Waals surface area contributed by atoms with E-state index < -0.39 is 22.5 Å². The normalized spacial score (nSPS) is 11.0. The highest BCUT2D eigenvalue weighted by Gasteiger charge is 2.21. The Labute approximate surface area is 146 Å². The van der Waals surface area contributed by atoms with Gasteiger partial charge < -0.3 is 14.2 Å². The van der Waals surface area contributed by atoms with Crippen molar-refractivity contribution in [3.8, 4) is 17.2 Å². The first-order valence-corrected chi connectivity index (χ1v) is 8.83. The second-order valence-electron chi connectivity index (χ2n) is 5.08. The van der Waals surface area contributed by atoms with Gasteiger partial charge in [0, 0.05) is 6.07 Å². The summed E-state index contributed by atoms with van der Waals surface area (Å²) in [4.78, 5) is 11.8. The van der Waals surface area contributed by atoms with Crippen LogP contribution in [0.5, 0.6) is 17.2 Å². The van der Waals surface area contributed by atoms with Crippen molar-refractivity contribution in [3.63, 3.8) is 0 Å². The number of esters is 1. The van der Waals surface area contributed by atoms with Gasteiger partial charge in [-0.1, -0.05) is 18.2 Å². The van der Waals surface area contributed by atoms with Crippen molar-refractivity contribution in [1.82, 2.24) is 4.72 Å². The predicted octanol–water partition coefficient (Wildman–Crippen LogP) is 1.90. The van der Waals surface area contributed by atoms with Crippen LogP contribution in [-0.4, -0.2) is 35.2 Å². The Balaban J connectivity index is 2.09. The summed E-state index contributed by atoms with van der Waals surface area (Å²) in [5.74, 6) is 0.230. The number of sulfonamides is 1. The molecule has 134 valence electrons. The van der Waals surface area contributed by atoms with E-state index in [0.29, 0.717) is 11.5 Å². The van der Waals surface area contributed by atoms with Crippen LogP contribution in [0.25, 0.3) is 0 Å². The zero-order valence-electron chi connectivity index (χ0n) is 14.1. The van der Waals surface area contributed by atoms with Gasteiger partial charge in [0.2, 0.25) is 10.0 Å². The number of methoxy groups -OCH3 is 2. The zero-order chi connectivity index (χ0) is 18.4. The summed E-state index contributed by atoms with van der Waals surface area (Å²) in [5, 5.41) is 0. The second-order valence-corrected chi connectivity index (χ2v) is 6.82. The first-order valence-electron chi connectivity index (χ1n) is 7.35. The molecule has 0 aliphatic heterocycles. The standard InChI is InChI=1S/C17H19NO6S/c1-12-6-4-5-7-14(12)24-17(19)11-18-25(20,21)16-9-8-13(22-2)10-15(16)23-3/h4-10,18H,11H2,1-3H3. The number of para-hydroxylation sites is 1. The van der Waals surface area contributed by atoms with Crippen LogP contribution >= 0.6 is 0 Å². The zero-order valence-corrected chi connectivity index (χ0v) is 14.9. The van der Waals surface area contributed by atoms with Crippen LogP contribution < -0.4 is 18.9 Å². The minimum Gasteiger partial charge on any atom is -0.497 e. The molecule has 0 aromatic heterocycles. The number of rotatable bonds is 7. The van der Waals surface area contributed by atoms with Crippen LogP contribution in [0.15, 0.2) is 47.4 Å². The lowest BCUT2D eigenvalue weighted by molar-refractivity contribution is -0.133. The highest BCUT2D eigenvalue weighted by atomic mass is 32.2. The van der Waals surface area contributed by atoms with Gasteiger partial charge in [-0.2, -0.15) is 4.72 Å².